The van der Waals surface area contributed by atoms with Crippen LogP contribution in [0.3, 0.4) is 0 Å². The van der Waals surface area contributed by atoms with Gasteiger partial charge >= 0.3 is 5.97 Å². The first-order valence-electron chi connectivity index (χ1n) is 6.79. The van der Waals surface area contributed by atoms with E-state index in [1.807, 2.05) is 37.3 Å². The van der Waals surface area contributed by atoms with Crippen LogP contribution < -0.4 is 0 Å². The molecule has 3 aromatic rings. The van der Waals surface area contributed by atoms with Crippen LogP contribution in [0.1, 0.15) is 23.0 Å². The van der Waals surface area contributed by atoms with Crippen molar-refractivity contribution in [2.45, 2.75) is 13.8 Å². The Morgan fingerprint density at radius 3 is 2.71 bits per heavy atom. The van der Waals surface area contributed by atoms with Crippen LogP contribution in [-0.4, -0.2) is 27.3 Å². The van der Waals surface area contributed by atoms with Crippen LogP contribution in [0.2, 0.25) is 0 Å². The Hall–Kier alpha value is -2.69. The lowest BCUT2D eigenvalue weighted by molar-refractivity contribution is 0.0528. The van der Waals surface area contributed by atoms with Crippen molar-refractivity contribution < 1.29 is 9.53 Å². The van der Waals surface area contributed by atoms with Gasteiger partial charge in [-0.25, -0.2) is 14.5 Å². The maximum atomic E-state index is 12.1. The number of hydrogen-bond donors (Lipinski definition) is 0. The van der Waals surface area contributed by atoms with E-state index in [1.54, 1.807) is 23.9 Å². The second-order valence-electron chi connectivity index (χ2n) is 4.61. The van der Waals surface area contributed by atoms with E-state index in [9.17, 15) is 4.79 Å². The lowest BCUT2D eigenvalue weighted by Crippen LogP contribution is -2.06. The van der Waals surface area contributed by atoms with Crippen molar-refractivity contribution in [3.05, 3.63) is 53.9 Å². The van der Waals surface area contributed by atoms with E-state index in [1.165, 1.54) is 0 Å². The first kappa shape index (κ1) is 13.3. The number of pyridine rings is 1. The maximum Gasteiger partial charge on any atom is 0.338 e. The molecule has 2 heterocycles. The summed E-state index contributed by atoms with van der Waals surface area (Å²) < 4.78 is 6.85. The van der Waals surface area contributed by atoms with Gasteiger partial charge in [-0.2, -0.15) is 5.10 Å². The monoisotopic (exact) mass is 281 g/mol. The van der Waals surface area contributed by atoms with Crippen LogP contribution in [0.4, 0.5) is 0 Å². The molecule has 0 saturated carbocycles. The van der Waals surface area contributed by atoms with Crippen molar-refractivity contribution in [3.8, 4) is 5.69 Å². The van der Waals surface area contributed by atoms with E-state index in [4.69, 9.17) is 4.74 Å². The van der Waals surface area contributed by atoms with E-state index in [-0.39, 0.29) is 5.97 Å². The van der Waals surface area contributed by atoms with Gasteiger partial charge in [0.1, 0.15) is 0 Å². The standard InChI is InChI=1S/C16H15N3O2/c1-3-21-16(20)13-9-10-17-15-14(13)11(2)18-19(15)12-7-5-4-6-8-12/h4-10H,3H2,1-2H3. The number of fused-ring (bicyclic) bond motifs is 1. The van der Waals surface area contributed by atoms with Crippen molar-refractivity contribution >= 4 is 17.0 Å². The lowest BCUT2D eigenvalue weighted by Gasteiger charge is -2.04. The first-order chi connectivity index (χ1) is 10.2. The number of para-hydroxylation sites is 1. The smallest absolute Gasteiger partial charge is 0.338 e. The summed E-state index contributed by atoms with van der Waals surface area (Å²) in [4.78, 5) is 16.4. The number of ether oxygens (including phenoxy) is 1. The van der Waals surface area contributed by atoms with Crippen LogP contribution in [0, 0.1) is 6.92 Å². The first-order valence-corrected chi connectivity index (χ1v) is 6.79. The second kappa shape index (κ2) is 5.36. The zero-order chi connectivity index (χ0) is 14.8. The fourth-order valence-corrected chi connectivity index (χ4v) is 2.34. The Morgan fingerprint density at radius 1 is 1.24 bits per heavy atom. The molecule has 2 aromatic heterocycles. The number of rotatable bonds is 3. The largest absolute Gasteiger partial charge is 0.462 e. The molecule has 1 aromatic carbocycles. The quantitative estimate of drug-likeness (QED) is 0.693. The molecule has 0 fully saturated rings. The average Bonchev–Trinajstić information content (AvgIpc) is 2.86. The molecule has 0 atom stereocenters. The highest BCUT2D eigenvalue weighted by atomic mass is 16.5. The number of esters is 1. The van der Waals surface area contributed by atoms with Gasteiger partial charge < -0.3 is 4.74 Å². The number of nitrogens with zero attached hydrogens (tertiary/aromatic N) is 3. The van der Waals surface area contributed by atoms with Crippen LogP contribution in [0.5, 0.6) is 0 Å². The Morgan fingerprint density at radius 2 is 2.00 bits per heavy atom. The maximum absolute atomic E-state index is 12.1. The van der Waals surface area contributed by atoms with E-state index in [0.717, 1.165) is 16.8 Å². The molecular formula is C16H15N3O2. The number of hydrogen-bond acceptors (Lipinski definition) is 4. The SMILES string of the molecule is CCOC(=O)c1ccnc2c1c(C)nn2-c1ccccc1. The molecule has 0 saturated heterocycles. The van der Waals surface area contributed by atoms with Gasteiger partial charge in [-0.3, -0.25) is 0 Å². The van der Waals surface area contributed by atoms with Crippen molar-refractivity contribution in [1.82, 2.24) is 14.8 Å². The minimum absolute atomic E-state index is 0.342. The number of carbonyl (C=O) groups is 1. The van der Waals surface area contributed by atoms with Gasteiger partial charge in [-0.1, -0.05) is 18.2 Å². The van der Waals surface area contributed by atoms with Gasteiger partial charge in [0, 0.05) is 6.20 Å². The van der Waals surface area contributed by atoms with Crippen LogP contribution in [-0.2, 0) is 4.74 Å². The van der Waals surface area contributed by atoms with Gasteiger partial charge in [0.2, 0.25) is 0 Å². The summed E-state index contributed by atoms with van der Waals surface area (Å²) in [5, 5.41) is 5.25. The molecule has 0 N–H and O–H groups in total. The third kappa shape index (κ3) is 2.27. The molecule has 0 unspecified atom stereocenters. The molecule has 0 bridgehead atoms. The molecule has 3 rings (SSSR count). The minimum Gasteiger partial charge on any atom is -0.462 e. The molecule has 0 aliphatic rings. The van der Waals surface area contributed by atoms with Gasteiger partial charge in [-0.15, -0.1) is 0 Å². The molecule has 0 aliphatic heterocycles. The third-order valence-electron chi connectivity index (χ3n) is 3.24. The molecule has 21 heavy (non-hydrogen) atoms. The van der Waals surface area contributed by atoms with E-state index < -0.39 is 0 Å². The number of benzene rings is 1. The molecule has 0 spiro atoms. The number of aryl methyl sites for hydroxylation is 1. The van der Waals surface area contributed by atoms with E-state index >= 15 is 0 Å². The molecule has 0 amide bonds. The van der Waals surface area contributed by atoms with Gasteiger partial charge in [0.25, 0.3) is 0 Å². The Labute approximate surface area is 122 Å². The van der Waals surface area contributed by atoms with Gasteiger partial charge in [0.15, 0.2) is 5.65 Å². The normalized spacial score (nSPS) is 10.8. The highest BCUT2D eigenvalue weighted by Crippen LogP contribution is 2.23. The fourth-order valence-electron chi connectivity index (χ4n) is 2.34. The van der Waals surface area contributed by atoms with Crippen LogP contribution >= 0.6 is 0 Å². The predicted octanol–water partition coefficient (Wildman–Crippen LogP) is 2.91. The van der Waals surface area contributed by atoms with Crippen molar-refractivity contribution in [1.29, 1.82) is 0 Å². The Balaban J connectivity index is 2.23. The summed E-state index contributed by atoms with van der Waals surface area (Å²) in [6.45, 7) is 4.00. The van der Waals surface area contributed by atoms with Crippen molar-refractivity contribution in [3.63, 3.8) is 0 Å². The summed E-state index contributed by atoms with van der Waals surface area (Å²) >= 11 is 0. The van der Waals surface area contributed by atoms with Crippen molar-refractivity contribution in [2.75, 3.05) is 6.61 Å². The van der Waals surface area contributed by atoms with Crippen molar-refractivity contribution in [2.24, 2.45) is 0 Å². The summed E-state index contributed by atoms with van der Waals surface area (Å²) in [5.41, 5.74) is 2.82. The average molecular weight is 281 g/mol. The van der Waals surface area contributed by atoms with Crippen LogP contribution in [0.15, 0.2) is 42.6 Å². The van der Waals surface area contributed by atoms with E-state index in [0.29, 0.717) is 17.8 Å². The molecule has 5 heteroatoms. The van der Waals surface area contributed by atoms with Gasteiger partial charge in [0.05, 0.1) is 28.9 Å². The fraction of sp³-hybridized carbons (Fsp3) is 0.188. The molecular weight excluding hydrogens is 266 g/mol. The summed E-state index contributed by atoms with van der Waals surface area (Å²) in [7, 11) is 0. The molecule has 0 radical (unpaired) electrons. The topological polar surface area (TPSA) is 57.0 Å². The zero-order valence-electron chi connectivity index (χ0n) is 11.9. The highest BCUT2D eigenvalue weighted by molar-refractivity contribution is 6.03. The zero-order valence-corrected chi connectivity index (χ0v) is 11.9. The number of carbonyl (C=O) groups excluding carboxylic acids is 1. The molecule has 5 nitrogen and oxygen atoms in total. The van der Waals surface area contributed by atoms with E-state index in [2.05, 4.69) is 10.1 Å². The summed E-state index contributed by atoms with van der Waals surface area (Å²) in [5.74, 6) is -0.347. The minimum atomic E-state index is -0.347. The predicted molar refractivity (Wildman–Crippen MR) is 79.6 cm³/mol. The Kier molecular flexibility index (Phi) is 3.39. The van der Waals surface area contributed by atoms with Gasteiger partial charge in [-0.05, 0) is 32.0 Å². The molecule has 0 aliphatic carbocycles. The van der Waals surface area contributed by atoms with Crippen LogP contribution in [0.25, 0.3) is 16.7 Å². The lowest BCUT2D eigenvalue weighted by atomic mass is 10.1. The Bertz CT molecular complexity index is 794. The summed E-state index contributed by atoms with van der Waals surface area (Å²) in [6, 6.07) is 11.4. The highest BCUT2D eigenvalue weighted by Gasteiger charge is 2.18. The third-order valence-corrected chi connectivity index (χ3v) is 3.24. The second-order valence-corrected chi connectivity index (χ2v) is 4.61. The molecule has 106 valence electrons. The summed E-state index contributed by atoms with van der Waals surface area (Å²) in [6.07, 6.45) is 1.61. The number of aromatic nitrogens is 3.